The number of carbonyl (C=O) groups excluding carboxylic acids is 1. The first-order chi connectivity index (χ1) is 12.3. The molecule has 0 radical (unpaired) electrons. The molecule has 0 spiro atoms. The Balaban J connectivity index is 1.72. The number of ether oxygens (including phenoxy) is 2. The van der Waals surface area contributed by atoms with Crippen molar-refractivity contribution in [3.63, 3.8) is 0 Å². The minimum absolute atomic E-state index is 0.405. The minimum atomic E-state index is -4.46. The predicted molar refractivity (Wildman–Crippen MR) is 88.2 cm³/mol. The standard InChI is InChI=1S/C17H13F2NO5S/c18-12-3-5-16(13(19)10-12)26(22,23)20-17(21)6-2-11-1-4-14-15(9-11)25-8-7-24-14/h1-6,9-10H,7-8H2,(H,20,21). The summed E-state index contributed by atoms with van der Waals surface area (Å²) in [5.41, 5.74) is 0.578. The summed E-state index contributed by atoms with van der Waals surface area (Å²) in [6.45, 7) is 0.852. The molecule has 136 valence electrons. The van der Waals surface area contributed by atoms with Gasteiger partial charge in [-0.3, -0.25) is 4.79 Å². The van der Waals surface area contributed by atoms with Crippen LogP contribution in [0.5, 0.6) is 11.5 Å². The molecule has 1 heterocycles. The second-order valence-corrected chi connectivity index (χ2v) is 6.93. The fourth-order valence-electron chi connectivity index (χ4n) is 2.25. The van der Waals surface area contributed by atoms with E-state index in [9.17, 15) is 22.0 Å². The molecule has 1 amide bonds. The molecule has 0 atom stereocenters. The van der Waals surface area contributed by atoms with Crippen molar-refractivity contribution in [2.75, 3.05) is 13.2 Å². The molecule has 2 aromatic carbocycles. The fraction of sp³-hybridized carbons (Fsp3) is 0.118. The highest BCUT2D eigenvalue weighted by Gasteiger charge is 2.21. The number of benzene rings is 2. The molecular weight excluding hydrogens is 368 g/mol. The van der Waals surface area contributed by atoms with Gasteiger partial charge >= 0.3 is 0 Å². The number of hydrogen-bond donors (Lipinski definition) is 1. The van der Waals surface area contributed by atoms with E-state index >= 15 is 0 Å². The Hall–Kier alpha value is -2.94. The normalized spacial score (nSPS) is 13.6. The molecule has 9 heteroatoms. The van der Waals surface area contributed by atoms with Crippen LogP contribution < -0.4 is 14.2 Å². The van der Waals surface area contributed by atoms with Gasteiger partial charge in [-0.15, -0.1) is 0 Å². The van der Waals surface area contributed by atoms with Crippen molar-refractivity contribution in [1.82, 2.24) is 4.72 Å². The molecule has 0 saturated heterocycles. The molecule has 0 saturated carbocycles. The van der Waals surface area contributed by atoms with E-state index in [0.29, 0.717) is 36.3 Å². The molecule has 3 rings (SSSR count). The van der Waals surface area contributed by atoms with Crippen LogP contribution >= 0.6 is 0 Å². The maximum Gasteiger partial charge on any atom is 0.267 e. The van der Waals surface area contributed by atoms with Crippen LogP contribution in [-0.2, 0) is 14.8 Å². The van der Waals surface area contributed by atoms with E-state index in [1.165, 1.54) is 6.08 Å². The largest absolute Gasteiger partial charge is 0.486 e. The number of rotatable bonds is 4. The topological polar surface area (TPSA) is 81.7 Å². The van der Waals surface area contributed by atoms with Gasteiger partial charge in [0.2, 0.25) is 0 Å². The van der Waals surface area contributed by atoms with Crippen LogP contribution in [0.25, 0.3) is 6.08 Å². The fourth-order valence-corrected chi connectivity index (χ4v) is 3.26. The summed E-state index contributed by atoms with van der Waals surface area (Å²) in [6, 6.07) is 6.90. The molecule has 1 aliphatic rings. The van der Waals surface area contributed by atoms with Crippen LogP contribution in [0.3, 0.4) is 0 Å². The van der Waals surface area contributed by atoms with E-state index in [1.807, 2.05) is 0 Å². The summed E-state index contributed by atoms with van der Waals surface area (Å²) in [6.07, 6.45) is 2.34. The summed E-state index contributed by atoms with van der Waals surface area (Å²) >= 11 is 0. The van der Waals surface area contributed by atoms with Gasteiger partial charge in [0.25, 0.3) is 15.9 Å². The molecule has 1 N–H and O–H groups in total. The summed E-state index contributed by atoms with van der Waals surface area (Å²) in [5.74, 6) is -2.11. The van der Waals surface area contributed by atoms with Gasteiger partial charge in [-0.2, -0.15) is 0 Å². The zero-order valence-corrected chi connectivity index (χ0v) is 14.1. The Labute approximate surface area is 148 Å². The number of sulfonamides is 1. The lowest BCUT2D eigenvalue weighted by Crippen LogP contribution is -2.29. The zero-order chi connectivity index (χ0) is 18.7. The smallest absolute Gasteiger partial charge is 0.267 e. The van der Waals surface area contributed by atoms with Gasteiger partial charge in [0.15, 0.2) is 11.5 Å². The van der Waals surface area contributed by atoms with Gasteiger partial charge in [-0.25, -0.2) is 21.9 Å². The van der Waals surface area contributed by atoms with Gasteiger partial charge < -0.3 is 9.47 Å². The second-order valence-electron chi connectivity index (χ2n) is 5.28. The van der Waals surface area contributed by atoms with Crippen LogP contribution in [0.2, 0.25) is 0 Å². The molecule has 1 aliphatic heterocycles. The maximum atomic E-state index is 13.6. The van der Waals surface area contributed by atoms with Crippen molar-refractivity contribution >= 4 is 22.0 Å². The third-order valence-electron chi connectivity index (χ3n) is 3.41. The first kappa shape index (κ1) is 17.9. The number of carbonyl (C=O) groups is 1. The third kappa shape index (κ3) is 3.99. The Kier molecular flexibility index (Phi) is 4.90. The van der Waals surface area contributed by atoms with Gasteiger partial charge in [0.05, 0.1) is 0 Å². The van der Waals surface area contributed by atoms with Gasteiger partial charge in [-0.05, 0) is 35.9 Å². The molecule has 0 unspecified atom stereocenters. The molecular formula is C17H13F2NO5S. The lowest BCUT2D eigenvalue weighted by atomic mass is 10.2. The average Bonchev–Trinajstić information content (AvgIpc) is 2.59. The molecule has 0 fully saturated rings. The summed E-state index contributed by atoms with van der Waals surface area (Å²) in [4.78, 5) is 11.0. The van der Waals surface area contributed by atoms with Crippen LogP contribution in [0.15, 0.2) is 47.4 Å². The Bertz CT molecular complexity index is 989. The summed E-state index contributed by atoms with van der Waals surface area (Å²) < 4.78 is 63.0. The zero-order valence-electron chi connectivity index (χ0n) is 13.2. The number of fused-ring (bicyclic) bond motifs is 1. The molecule has 0 bridgehead atoms. The second kappa shape index (κ2) is 7.12. The van der Waals surface area contributed by atoms with Gasteiger partial charge in [0, 0.05) is 12.1 Å². The number of halogens is 2. The number of amides is 1. The molecule has 26 heavy (non-hydrogen) atoms. The van der Waals surface area contributed by atoms with Crippen molar-refractivity contribution in [1.29, 1.82) is 0 Å². The van der Waals surface area contributed by atoms with Crippen molar-refractivity contribution < 1.29 is 31.5 Å². The lowest BCUT2D eigenvalue weighted by molar-refractivity contribution is -0.114. The molecule has 0 aromatic heterocycles. The third-order valence-corrected chi connectivity index (χ3v) is 4.79. The number of nitrogens with one attached hydrogen (secondary N) is 1. The van der Waals surface area contributed by atoms with Crippen molar-refractivity contribution in [2.45, 2.75) is 4.90 Å². The van der Waals surface area contributed by atoms with E-state index in [4.69, 9.17) is 9.47 Å². The highest BCUT2D eigenvalue weighted by molar-refractivity contribution is 7.90. The monoisotopic (exact) mass is 381 g/mol. The highest BCUT2D eigenvalue weighted by Crippen LogP contribution is 2.31. The van der Waals surface area contributed by atoms with E-state index in [-0.39, 0.29) is 0 Å². The maximum absolute atomic E-state index is 13.6. The summed E-state index contributed by atoms with van der Waals surface area (Å²) in [5, 5.41) is 0. The van der Waals surface area contributed by atoms with Crippen LogP contribution in [0.4, 0.5) is 8.78 Å². The van der Waals surface area contributed by atoms with Crippen LogP contribution in [-0.4, -0.2) is 27.5 Å². The van der Waals surface area contributed by atoms with E-state index < -0.39 is 32.5 Å². The SMILES string of the molecule is O=C(C=Cc1ccc2c(c1)OCCO2)NS(=O)(=O)c1ccc(F)cc1F. The van der Waals surface area contributed by atoms with Crippen molar-refractivity contribution in [3.05, 3.63) is 59.7 Å². The van der Waals surface area contributed by atoms with Crippen molar-refractivity contribution in [3.8, 4) is 11.5 Å². The van der Waals surface area contributed by atoms with Crippen LogP contribution in [0.1, 0.15) is 5.56 Å². The van der Waals surface area contributed by atoms with E-state index in [0.717, 1.165) is 18.2 Å². The Morgan fingerprint density at radius 3 is 2.50 bits per heavy atom. The van der Waals surface area contributed by atoms with E-state index in [2.05, 4.69) is 0 Å². The van der Waals surface area contributed by atoms with Crippen LogP contribution in [0, 0.1) is 11.6 Å². The van der Waals surface area contributed by atoms with E-state index in [1.54, 1.807) is 22.9 Å². The quantitative estimate of drug-likeness (QED) is 0.822. The first-order valence-electron chi connectivity index (χ1n) is 7.45. The molecule has 6 nitrogen and oxygen atoms in total. The first-order valence-corrected chi connectivity index (χ1v) is 8.93. The number of hydrogen-bond acceptors (Lipinski definition) is 5. The molecule has 0 aliphatic carbocycles. The predicted octanol–water partition coefficient (Wildman–Crippen LogP) is 2.25. The van der Waals surface area contributed by atoms with Gasteiger partial charge in [0.1, 0.15) is 29.7 Å². The Morgan fingerprint density at radius 1 is 1.04 bits per heavy atom. The van der Waals surface area contributed by atoms with Crippen molar-refractivity contribution in [2.24, 2.45) is 0 Å². The highest BCUT2D eigenvalue weighted by atomic mass is 32.2. The average molecular weight is 381 g/mol. The van der Waals surface area contributed by atoms with Gasteiger partial charge in [-0.1, -0.05) is 6.07 Å². The summed E-state index contributed by atoms with van der Waals surface area (Å²) in [7, 11) is -4.46. The Morgan fingerprint density at radius 2 is 1.77 bits per heavy atom. The lowest BCUT2D eigenvalue weighted by Gasteiger charge is -2.18. The minimum Gasteiger partial charge on any atom is -0.486 e. The molecule has 2 aromatic rings.